The first-order valence-corrected chi connectivity index (χ1v) is 7.57. The standard InChI is InChI=1S/C17H23NO3/c1-10-4-6-11(7-5-10)13-8-12-9-14(19)16(18(12)2)15(13)17(20)21-3/h4-7,12-16,19H,8-9H2,1-3H3/t12-,13-,14-,15+,16?/m0/s1. The Morgan fingerprint density at radius 3 is 2.57 bits per heavy atom. The number of piperidine rings is 1. The maximum absolute atomic E-state index is 12.3. The summed E-state index contributed by atoms with van der Waals surface area (Å²) in [5, 5.41) is 10.3. The third kappa shape index (κ3) is 2.36. The molecule has 0 radical (unpaired) electrons. The van der Waals surface area contributed by atoms with E-state index in [1.54, 1.807) is 0 Å². The number of hydrogen-bond acceptors (Lipinski definition) is 4. The summed E-state index contributed by atoms with van der Waals surface area (Å²) in [4.78, 5) is 14.5. The zero-order chi connectivity index (χ0) is 15.1. The summed E-state index contributed by atoms with van der Waals surface area (Å²) >= 11 is 0. The molecule has 5 atom stereocenters. The van der Waals surface area contributed by atoms with Crippen LogP contribution < -0.4 is 0 Å². The number of esters is 1. The molecule has 1 aromatic rings. The Morgan fingerprint density at radius 2 is 1.95 bits per heavy atom. The van der Waals surface area contributed by atoms with E-state index in [4.69, 9.17) is 4.74 Å². The van der Waals surface area contributed by atoms with E-state index in [1.165, 1.54) is 18.2 Å². The topological polar surface area (TPSA) is 49.8 Å². The molecule has 2 fully saturated rings. The Morgan fingerprint density at radius 1 is 1.29 bits per heavy atom. The second kappa shape index (κ2) is 5.43. The van der Waals surface area contributed by atoms with E-state index in [0.29, 0.717) is 6.04 Å². The van der Waals surface area contributed by atoms with Crippen LogP contribution in [0, 0.1) is 12.8 Å². The van der Waals surface area contributed by atoms with Gasteiger partial charge < -0.3 is 9.84 Å². The Balaban J connectivity index is 1.98. The minimum Gasteiger partial charge on any atom is -0.469 e. The summed E-state index contributed by atoms with van der Waals surface area (Å²) in [6.07, 6.45) is 1.20. The minimum absolute atomic E-state index is 0.126. The number of hydrogen-bond donors (Lipinski definition) is 1. The molecule has 0 aliphatic carbocycles. The molecule has 2 aliphatic heterocycles. The molecule has 2 bridgehead atoms. The van der Waals surface area contributed by atoms with Crippen molar-refractivity contribution in [3.63, 3.8) is 0 Å². The number of carbonyl (C=O) groups excluding carboxylic acids is 1. The van der Waals surface area contributed by atoms with Crippen molar-refractivity contribution in [3.8, 4) is 0 Å². The second-order valence-corrected chi connectivity index (χ2v) is 6.41. The van der Waals surface area contributed by atoms with E-state index >= 15 is 0 Å². The summed E-state index contributed by atoms with van der Waals surface area (Å²) < 4.78 is 5.04. The van der Waals surface area contributed by atoms with Gasteiger partial charge in [0.15, 0.2) is 0 Å². The molecule has 4 nitrogen and oxygen atoms in total. The number of ether oxygens (including phenoxy) is 1. The monoisotopic (exact) mass is 289 g/mol. The van der Waals surface area contributed by atoms with Crippen LogP contribution in [0.25, 0.3) is 0 Å². The van der Waals surface area contributed by atoms with Crippen molar-refractivity contribution in [1.29, 1.82) is 0 Å². The van der Waals surface area contributed by atoms with Crippen LogP contribution in [0.3, 0.4) is 0 Å². The third-order valence-corrected chi connectivity index (χ3v) is 5.26. The third-order valence-electron chi connectivity index (χ3n) is 5.26. The van der Waals surface area contributed by atoms with Gasteiger partial charge >= 0.3 is 5.97 Å². The van der Waals surface area contributed by atoms with Crippen LogP contribution in [0.2, 0.25) is 0 Å². The van der Waals surface area contributed by atoms with Gasteiger partial charge in [0.25, 0.3) is 0 Å². The quantitative estimate of drug-likeness (QED) is 0.842. The largest absolute Gasteiger partial charge is 0.469 e. The van der Waals surface area contributed by atoms with E-state index in [9.17, 15) is 9.90 Å². The summed E-state index contributed by atoms with van der Waals surface area (Å²) in [6, 6.07) is 8.58. The zero-order valence-corrected chi connectivity index (χ0v) is 12.8. The first kappa shape index (κ1) is 14.5. The SMILES string of the molecule is COC(=O)[C@H]1C2[C@@H](O)C[C@H](C[C@H]1c1ccc(C)cc1)N2C. The normalized spacial score (nSPS) is 35.7. The van der Waals surface area contributed by atoms with Crippen molar-refractivity contribution in [2.75, 3.05) is 14.2 Å². The average Bonchev–Trinajstić information content (AvgIpc) is 2.66. The molecule has 21 heavy (non-hydrogen) atoms. The lowest BCUT2D eigenvalue weighted by Gasteiger charge is -2.42. The van der Waals surface area contributed by atoms with Gasteiger partial charge in [0.1, 0.15) is 0 Å². The molecule has 2 saturated heterocycles. The van der Waals surface area contributed by atoms with Crippen LogP contribution in [0.1, 0.15) is 29.9 Å². The number of aliphatic hydroxyl groups excluding tert-OH is 1. The number of carbonyl (C=O) groups is 1. The Kier molecular flexibility index (Phi) is 3.76. The number of aliphatic hydroxyl groups is 1. The highest BCUT2D eigenvalue weighted by Gasteiger charge is 2.53. The molecule has 0 spiro atoms. The first-order chi connectivity index (χ1) is 10.0. The summed E-state index contributed by atoms with van der Waals surface area (Å²) in [7, 11) is 3.44. The number of methoxy groups -OCH3 is 1. The number of rotatable bonds is 2. The molecule has 0 aromatic heterocycles. The number of likely N-dealkylation sites (N-methyl/N-ethyl adjacent to an activating group) is 1. The van der Waals surface area contributed by atoms with Crippen LogP contribution in [0.5, 0.6) is 0 Å². The van der Waals surface area contributed by atoms with Gasteiger partial charge in [-0.15, -0.1) is 0 Å². The Labute approximate surface area is 125 Å². The van der Waals surface area contributed by atoms with E-state index in [0.717, 1.165) is 12.8 Å². The highest BCUT2D eigenvalue weighted by Crippen LogP contribution is 2.46. The van der Waals surface area contributed by atoms with Crippen molar-refractivity contribution >= 4 is 5.97 Å². The second-order valence-electron chi connectivity index (χ2n) is 6.41. The van der Waals surface area contributed by atoms with Crippen molar-refractivity contribution in [2.45, 2.75) is 43.9 Å². The van der Waals surface area contributed by atoms with Crippen LogP contribution in [0.4, 0.5) is 0 Å². The zero-order valence-electron chi connectivity index (χ0n) is 12.8. The molecule has 0 amide bonds. The number of benzene rings is 1. The van der Waals surface area contributed by atoms with Crippen molar-refractivity contribution in [1.82, 2.24) is 4.90 Å². The molecule has 1 unspecified atom stereocenters. The van der Waals surface area contributed by atoms with Crippen LogP contribution in [0.15, 0.2) is 24.3 Å². The fourth-order valence-electron chi connectivity index (χ4n) is 4.13. The molecule has 4 heteroatoms. The molecule has 2 aliphatic rings. The summed E-state index contributed by atoms with van der Waals surface area (Å²) in [6.45, 7) is 2.06. The Hall–Kier alpha value is -1.39. The van der Waals surface area contributed by atoms with Crippen molar-refractivity contribution in [2.24, 2.45) is 5.92 Å². The van der Waals surface area contributed by atoms with E-state index in [2.05, 4.69) is 36.1 Å². The average molecular weight is 289 g/mol. The smallest absolute Gasteiger partial charge is 0.310 e. The van der Waals surface area contributed by atoms with Crippen LogP contribution >= 0.6 is 0 Å². The van der Waals surface area contributed by atoms with Crippen LogP contribution in [-0.2, 0) is 9.53 Å². The molecular formula is C17H23NO3. The molecule has 114 valence electrons. The van der Waals surface area contributed by atoms with Gasteiger partial charge in [-0.1, -0.05) is 29.8 Å². The van der Waals surface area contributed by atoms with E-state index < -0.39 is 6.10 Å². The molecule has 2 heterocycles. The minimum atomic E-state index is -0.445. The summed E-state index contributed by atoms with van der Waals surface area (Å²) in [5.74, 6) is -0.380. The van der Waals surface area contributed by atoms with E-state index in [1.807, 2.05) is 7.05 Å². The lowest BCUT2D eigenvalue weighted by atomic mass is 9.76. The highest BCUT2D eigenvalue weighted by atomic mass is 16.5. The van der Waals surface area contributed by atoms with Gasteiger partial charge in [-0.05, 0) is 32.4 Å². The maximum atomic E-state index is 12.3. The van der Waals surface area contributed by atoms with Crippen molar-refractivity contribution < 1.29 is 14.6 Å². The van der Waals surface area contributed by atoms with Crippen LogP contribution in [-0.4, -0.2) is 48.3 Å². The lowest BCUT2D eigenvalue weighted by molar-refractivity contribution is -0.151. The number of aryl methyl sites for hydroxylation is 1. The fourth-order valence-corrected chi connectivity index (χ4v) is 4.13. The molecule has 0 saturated carbocycles. The van der Waals surface area contributed by atoms with Crippen molar-refractivity contribution in [3.05, 3.63) is 35.4 Å². The number of nitrogens with zero attached hydrogens (tertiary/aromatic N) is 1. The van der Waals surface area contributed by atoms with E-state index in [-0.39, 0.29) is 23.8 Å². The Bertz CT molecular complexity index is 527. The first-order valence-electron chi connectivity index (χ1n) is 7.57. The van der Waals surface area contributed by atoms with Gasteiger partial charge in [-0.3, -0.25) is 9.69 Å². The lowest BCUT2D eigenvalue weighted by Crippen LogP contribution is -2.51. The highest BCUT2D eigenvalue weighted by molar-refractivity contribution is 5.75. The molecule has 3 rings (SSSR count). The van der Waals surface area contributed by atoms with Gasteiger partial charge in [-0.25, -0.2) is 0 Å². The molecule has 1 N–H and O–H groups in total. The van der Waals surface area contributed by atoms with Gasteiger partial charge in [0, 0.05) is 18.0 Å². The predicted molar refractivity (Wildman–Crippen MR) is 80.0 cm³/mol. The van der Waals surface area contributed by atoms with Gasteiger partial charge in [-0.2, -0.15) is 0 Å². The van der Waals surface area contributed by atoms with Gasteiger partial charge in [0.2, 0.25) is 0 Å². The molecule has 1 aromatic carbocycles. The maximum Gasteiger partial charge on any atom is 0.310 e. The number of fused-ring (bicyclic) bond motifs is 2. The van der Waals surface area contributed by atoms with Gasteiger partial charge in [0.05, 0.1) is 19.1 Å². The summed E-state index contributed by atoms with van der Waals surface area (Å²) in [5.41, 5.74) is 2.39. The fraction of sp³-hybridized carbons (Fsp3) is 0.588. The predicted octanol–water partition coefficient (Wildman–Crippen LogP) is 1.71. The molecular weight excluding hydrogens is 266 g/mol.